The first-order valence-corrected chi connectivity index (χ1v) is 14.1. The van der Waals surface area contributed by atoms with Crippen molar-refractivity contribution in [3.05, 3.63) is 31.1 Å². The van der Waals surface area contributed by atoms with Crippen LogP contribution in [-0.4, -0.2) is 69.2 Å². The van der Waals surface area contributed by atoms with Crippen LogP contribution in [0.5, 0.6) is 0 Å². The molecule has 0 spiro atoms. The summed E-state index contributed by atoms with van der Waals surface area (Å²) < 4.78 is 57.9. The lowest BCUT2D eigenvalue weighted by Gasteiger charge is -2.19. The molecule has 4 heterocycles. The van der Waals surface area contributed by atoms with Crippen molar-refractivity contribution in [2.75, 3.05) is 12.3 Å². The highest BCUT2D eigenvalue weighted by Crippen LogP contribution is 2.66. The van der Waals surface area contributed by atoms with Gasteiger partial charge in [-0.2, -0.15) is 8.62 Å². The third kappa shape index (κ3) is 5.77. The zero-order valence-electron chi connectivity index (χ0n) is 17.6. The van der Waals surface area contributed by atoms with E-state index in [0.29, 0.717) is 16.5 Å². The van der Waals surface area contributed by atoms with Crippen LogP contribution < -0.4 is 5.73 Å². The summed E-state index contributed by atoms with van der Waals surface area (Å²) >= 11 is 0. The monoisotopic (exact) mass is 572 g/mol. The van der Waals surface area contributed by atoms with E-state index in [4.69, 9.17) is 24.7 Å². The van der Waals surface area contributed by atoms with Crippen LogP contribution in [0.25, 0.3) is 22.2 Å². The normalized spacial score (nSPS) is 26.2. The van der Waals surface area contributed by atoms with Gasteiger partial charge in [-0.05, 0) is 6.07 Å². The van der Waals surface area contributed by atoms with Crippen molar-refractivity contribution in [3.63, 3.8) is 0 Å². The maximum absolute atomic E-state index is 12.0. The van der Waals surface area contributed by atoms with E-state index in [1.807, 2.05) is 0 Å². The Labute approximate surface area is 200 Å². The number of fused-ring (bicyclic) bond motifs is 1. The molecule has 0 bridgehead atoms. The summed E-state index contributed by atoms with van der Waals surface area (Å²) in [6, 6.07) is 1.64. The summed E-state index contributed by atoms with van der Waals surface area (Å²) in [6.07, 6.45) is -0.598. The number of anilines is 1. The molecule has 0 radical (unpaired) electrons. The smallest absolute Gasteiger partial charge is 0.472 e. The van der Waals surface area contributed by atoms with Gasteiger partial charge in [-0.15, -0.1) is 0 Å². The van der Waals surface area contributed by atoms with Gasteiger partial charge in [-0.1, -0.05) is 0 Å². The molecule has 3 aromatic heterocycles. The summed E-state index contributed by atoms with van der Waals surface area (Å²) in [5.74, 6) is 0.104. The second-order valence-corrected chi connectivity index (χ2v) is 11.8. The molecular formula is C15H19N4O14P3. The zero-order chi connectivity index (χ0) is 26.5. The second kappa shape index (κ2) is 9.70. The van der Waals surface area contributed by atoms with Crippen LogP contribution in [0.3, 0.4) is 0 Å². The molecule has 0 amide bonds. The number of phosphoric ester groups is 1. The molecule has 6 atom stereocenters. The van der Waals surface area contributed by atoms with Crippen molar-refractivity contribution < 1.29 is 65.8 Å². The molecule has 1 aliphatic heterocycles. The molecule has 0 aliphatic carbocycles. The maximum atomic E-state index is 12.0. The Hall–Kier alpha value is -2.01. The number of nitrogens with zero attached hydrogens (tertiary/aromatic N) is 3. The number of aliphatic hydroxyl groups is 2. The lowest BCUT2D eigenvalue weighted by molar-refractivity contribution is -0.0500. The molecule has 4 rings (SSSR count). The van der Waals surface area contributed by atoms with E-state index >= 15 is 0 Å². The SMILES string of the molecule is Nc1ncnc2c1c(-c1ccoc1)cn2[C@@H]1O[C@H](COP(=O)(O)OP(=O)(O)OP(=O)(O)O)C(O)[C@@H]1O. The first-order valence-electron chi connectivity index (χ1n) is 9.61. The molecular weight excluding hydrogens is 553 g/mol. The average molecular weight is 572 g/mol. The topological polar surface area (TPSA) is 279 Å². The summed E-state index contributed by atoms with van der Waals surface area (Å²) in [4.78, 5) is 44.1. The van der Waals surface area contributed by atoms with E-state index < -0.39 is 54.6 Å². The molecule has 1 fully saturated rings. The number of aliphatic hydroxyl groups excluding tert-OH is 2. The summed E-state index contributed by atoms with van der Waals surface area (Å²) in [7, 11) is -16.8. The lowest BCUT2D eigenvalue weighted by atomic mass is 10.1. The predicted octanol–water partition coefficient (Wildman–Crippen LogP) is 0.236. The first-order chi connectivity index (χ1) is 16.7. The molecule has 3 unspecified atom stereocenters. The minimum absolute atomic E-state index is 0.104. The van der Waals surface area contributed by atoms with Crippen LogP contribution in [-0.2, 0) is 31.6 Å². The van der Waals surface area contributed by atoms with Gasteiger partial charge in [0.1, 0.15) is 36.1 Å². The van der Waals surface area contributed by atoms with E-state index in [2.05, 4.69) is 23.1 Å². The fraction of sp³-hybridized carbons (Fsp3) is 0.333. The van der Waals surface area contributed by atoms with E-state index in [9.17, 15) is 33.7 Å². The highest BCUT2D eigenvalue weighted by Gasteiger charge is 2.47. The Morgan fingerprint density at radius 3 is 2.42 bits per heavy atom. The Morgan fingerprint density at radius 1 is 1.06 bits per heavy atom. The van der Waals surface area contributed by atoms with Gasteiger partial charge in [0.2, 0.25) is 0 Å². The minimum Gasteiger partial charge on any atom is -0.472 e. The Balaban J connectivity index is 1.54. The Kier molecular flexibility index (Phi) is 7.29. The van der Waals surface area contributed by atoms with Gasteiger partial charge in [0, 0.05) is 17.3 Å². The van der Waals surface area contributed by atoms with Crippen LogP contribution >= 0.6 is 23.5 Å². The maximum Gasteiger partial charge on any atom is 0.490 e. The van der Waals surface area contributed by atoms with E-state index in [1.165, 1.54) is 23.3 Å². The minimum atomic E-state index is -5.73. The number of aromatic nitrogens is 3. The van der Waals surface area contributed by atoms with Crippen LogP contribution in [0.2, 0.25) is 0 Å². The molecule has 0 saturated carbocycles. The molecule has 1 saturated heterocycles. The van der Waals surface area contributed by atoms with Gasteiger partial charge >= 0.3 is 23.5 Å². The molecule has 1 aliphatic rings. The summed E-state index contributed by atoms with van der Waals surface area (Å²) in [5.41, 5.74) is 7.33. The molecule has 18 nitrogen and oxygen atoms in total. The van der Waals surface area contributed by atoms with Crippen molar-refractivity contribution in [1.29, 1.82) is 0 Å². The van der Waals surface area contributed by atoms with Crippen LogP contribution in [0.4, 0.5) is 5.82 Å². The zero-order valence-corrected chi connectivity index (χ0v) is 20.3. The number of ether oxygens (including phenoxy) is 1. The largest absolute Gasteiger partial charge is 0.490 e. The first kappa shape index (κ1) is 27.0. The van der Waals surface area contributed by atoms with Gasteiger partial charge < -0.3 is 49.2 Å². The summed E-state index contributed by atoms with van der Waals surface area (Å²) in [5, 5.41) is 21.4. The van der Waals surface area contributed by atoms with E-state index in [-0.39, 0.29) is 11.5 Å². The molecule has 0 aromatic carbocycles. The fourth-order valence-electron chi connectivity index (χ4n) is 3.51. The van der Waals surface area contributed by atoms with Crippen LogP contribution in [0.1, 0.15) is 6.23 Å². The van der Waals surface area contributed by atoms with Crippen molar-refractivity contribution in [3.8, 4) is 11.1 Å². The standard InChI is InChI=1S/C15H19N4O14P3/c16-13-10-8(7-1-2-29-4-7)3-19(14(10)18-6-17-13)15-12(21)11(20)9(31-15)5-30-35(25,26)33-36(27,28)32-34(22,23)24/h1-4,6,9,11-12,15,20-21H,5H2,(H,25,26)(H,27,28)(H2,16,17,18)(H2,22,23,24)/t9-,11?,12+,15-/m1/s1. The predicted molar refractivity (Wildman–Crippen MR) is 115 cm³/mol. The van der Waals surface area contributed by atoms with Gasteiger partial charge in [0.15, 0.2) is 6.23 Å². The van der Waals surface area contributed by atoms with Crippen LogP contribution in [0, 0.1) is 0 Å². The highest BCUT2D eigenvalue weighted by molar-refractivity contribution is 7.66. The van der Waals surface area contributed by atoms with Gasteiger partial charge in [-0.25, -0.2) is 23.7 Å². The third-order valence-corrected chi connectivity index (χ3v) is 8.70. The number of nitrogen functional groups attached to an aromatic ring is 1. The molecule has 3 aromatic rings. The number of hydrogen-bond acceptors (Lipinski definition) is 13. The molecule has 8 N–H and O–H groups in total. The van der Waals surface area contributed by atoms with E-state index in [0.717, 1.165) is 6.33 Å². The highest BCUT2D eigenvalue weighted by atomic mass is 31.3. The van der Waals surface area contributed by atoms with Crippen molar-refractivity contribution >= 4 is 40.3 Å². The second-order valence-electron chi connectivity index (χ2n) is 7.35. The molecule has 21 heteroatoms. The third-order valence-electron chi connectivity index (χ3n) is 4.90. The Morgan fingerprint density at radius 2 is 1.78 bits per heavy atom. The van der Waals surface area contributed by atoms with Crippen molar-refractivity contribution in [2.24, 2.45) is 0 Å². The lowest BCUT2D eigenvalue weighted by Crippen LogP contribution is -2.33. The number of rotatable bonds is 9. The van der Waals surface area contributed by atoms with Gasteiger partial charge in [-0.3, -0.25) is 4.52 Å². The average Bonchev–Trinajstić information content (AvgIpc) is 3.44. The van der Waals surface area contributed by atoms with Gasteiger partial charge in [0.05, 0.1) is 24.5 Å². The fourth-order valence-corrected chi connectivity index (χ4v) is 6.54. The van der Waals surface area contributed by atoms with Gasteiger partial charge in [0.25, 0.3) is 0 Å². The molecule has 36 heavy (non-hydrogen) atoms. The Bertz CT molecular complexity index is 1390. The number of phosphoric acid groups is 3. The van der Waals surface area contributed by atoms with Crippen molar-refractivity contribution in [1.82, 2.24) is 14.5 Å². The van der Waals surface area contributed by atoms with Crippen molar-refractivity contribution in [2.45, 2.75) is 24.5 Å². The number of furan rings is 1. The van der Waals surface area contributed by atoms with E-state index in [1.54, 1.807) is 6.07 Å². The molecule has 198 valence electrons. The number of nitrogens with two attached hydrogens (primary N) is 1. The van der Waals surface area contributed by atoms with Crippen LogP contribution in [0.15, 0.2) is 35.5 Å². The quantitative estimate of drug-likeness (QED) is 0.169. The summed E-state index contributed by atoms with van der Waals surface area (Å²) in [6.45, 7) is -0.969. The number of hydrogen-bond donors (Lipinski definition) is 7.